The van der Waals surface area contributed by atoms with Gasteiger partial charge in [-0.15, -0.1) is 11.3 Å². The summed E-state index contributed by atoms with van der Waals surface area (Å²) >= 11 is 7.40. The zero-order chi connectivity index (χ0) is 18.9. The van der Waals surface area contributed by atoms with Crippen molar-refractivity contribution >= 4 is 39.8 Å². The van der Waals surface area contributed by atoms with E-state index in [4.69, 9.17) is 11.6 Å². The third kappa shape index (κ3) is 4.27. The first-order valence-corrected chi connectivity index (χ1v) is 9.14. The van der Waals surface area contributed by atoms with E-state index >= 15 is 0 Å². The van der Waals surface area contributed by atoms with Gasteiger partial charge >= 0.3 is 6.18 Å². The Balaban J connectivity index is 1.60. The zero-order valence-electron chi connectivity index (χ0n) is 13.8. The lowest BCUT2D eigenvalue weighted by atomic mass is 9.96. The number of halogens is 4. The number of hydrogen-bond donors (Lipinski definition) is 1. The first-order valence-electron chi connectivity index (χ1n) is 7.95. The summed E-state index contributed by atoms with van der Waals surface area (Å²) in [7, 11) is 0. The van der Waals surface area contributed by atoms with Gasteiger partial charge in [-0.3, -0.25) is 4.79 Å². The fourth-order valence-corrected chi connectivity index (χ4v) is 3.75. The number of rotatable bonds is 3. The molecule has 2 aromatic rings. The van der Waals surface area contributed by atoms with Gasteiger partial charge in [-0.05, 0) is 25.8 Å². The lowest BCUT2D eigenvalue weighted by Crippen LogP contribution is -2.38. The smallest absolute Gasteiger partial charge is 0.355 e. The first-order chi connectivity index (χ1) is 12.2. The number of anilines is 2. The molecule has 0 spiro atoms. The van der Waals surface area contributed by atoms with Gasteiger partial charge in [0.2, 0.25) is 5.91 Å². The fraction of sp³-hybridized carbons (Fsp3) is 0.438. The molecule has 1 fully saturated rings. The molecular formula is C16H16ClF3N4OS. The number of aryl methyl sites for hydroxylation is 1. The number of nitrogens with zero attached hydrogens (tertiary/aromatic N) is 3. The Bertz CT molecular complexity index is 803. The van der Waals surface area contributed by atoms with Crippen LogP contribution in [0, 0.1) is 12.8 Å². The second-order valence-electron chi connectivity index (χ2n) is 6.05. The van der Waals surface area contributed by atoms with Gasteiger partial charge in [0.05, 0.1) is 10.6 Å². The summed E-state index contributed by atoms with van der Waals surface area (Å²) in [6.45, 7) is 2.90. The maximum absolute atomic E-state index is 12.7. The minimum absolute atomic E-state index is 0.0408. The van der Waals surface area contributed by atoms with Gasteiger partial charge in [0.15, 0.2) is 5.13 Å². The van der Waals surface area contributed by atoms with Crippen molar-refractivity contribution < 1.29 is 18.0 Å². The van der Waals surface area contributed by atoms with Crippen molar-refractivity contribution in [3.05, 3.63) is 33.9 Å². The third-order valence-electron chi connectivity index (χ3n) is 4.17. The van der Waals surface area contributed by atoms with Gasteiger partial charge in [0, 0.05) is 36.3 Å². The number of aromatic nitrogens is 2. The molecule has 1 N–H and O–H groups in total. The number of thiazole rings is 1. The molecule has 3 rings (SSSR count). The summed E-state index contributed by atoms with van der Waals surface area (Å²) < 4.78 is 38.1. The van der Waals surface area contributed by atoms with Crippen LogP contribution in [-0.2, 0) is 11.0 Å². The van der Waals surface area contributed by atoms with E-state index in [-0.39, 0.29) is 16.8 Å². The van der Waals surface area contributed by atoms with E-state index in [1.54, 1.807) is 11.1 Å². The Morgan fingerprint density at radius 3 is 2.54 bits per heavy atom. The molecule has 1 aliphatic rings. The molecule has 10 heteroatoms. The maximum atomic E-state index is 12.7. The van der Waals surface area contributed by atoms with E-state index in [2.05, 4.69) is 15.3 Å². The molecule has 0 atom stereocenters. The molecule has 0 bridgehead atoms. The molecule has 1 amide bonds. The normalized spacial score (nSPS) is 16.0. The highest BCUT2D eigenvalue weighted by molar-refractivity contribution is 7.15. The summed E-state index contributed by atoms with van der Waals surface area (Å²) in [5.74, 6) is 0.0447. The van der Waals surface area contributed by atoms with Crippen LogP contribution < -0.4 is 10.2 Å². The second kappa shape index (κ2) is 7.40. The Kier molecular flexibility index (Phi) is 5.38. The number of alkyl halides is 3. The van der Waals surface area contributed by atoms with E-state index in [1.165, 1.54) is 11.3 Å². The van der Waals surface area contributed by atoms with Crippen LogP contribution in [0.3, 0.4) is 0 Å². The number of piperidine rings is 1. The Labute approximate surface area is 157 Å². The van der Waals surface area contributed by atoms with Crippen LogP contribution in [0.5, 0.6) is 0 Å². The van der Waals surface area contributed by atoms with Crippen molar-refractivity contribution in [3.8, 4) is 0 Å². The number of carbonyl (C=O) groups is 1. The third-order valence-corrected chi connectivity index (χ3v) is 5.27. The molecule has 0 aromatic carbocycles. The zero-order valence-corrected chi connectivity index (χ0v) is 15.4. The van der Waals surface area contributed by atoms with Crippen molar-refractivity contribution in [1.29, 1.82) is 0 Å². The van der Waals surface area contributed by atoms with E-state index in [1.807, 2.05) is 6.92 Å². The number of amides is 1. The SMILES string of the molecule is Cc1cnc(NC(=O)C2CCN(c3ncc(C(F)(F)F)cc3Cl)CC2)s1. The summed E-state index contributed by atoms with van der Waals surface area (Å²) in [4.78, 5) is 23.1. The van der Waals surface area contributed by atoms with Crippen LogP contribution in [0.1, 0.15) is 23.3 Å². The van der Waals surface area contributed by atoms with Crippen molar-refractivity contribution in [2.45, 2.75) is 25.9 Å². The average Bonchev–Trinajstić information content (AvgIpc) is 2.99. The summed E-state index contributed by atoms with van der Waals surface area (Å²) in [6.07, 6.45) is -0.870. The summed E-state index contributed by atoms with van der Waals surface area (Å²) in [6, 6.07) is 0.882. The maximum Gasteiger partial charge on any atom is 0.417 e. The van der Waals surface area contributed by atoms with Crippen molar-refractivity contribution in [2.24, 2.45) is 5.92 Å². The highest BCUT2D eigenvalue weighted by Gasteiger charge is 2.33. The predicted octanol–water partition coefficient (Wildman–Crippen LogP) is 4.37. The Hall–Kier alpha value is -1.87. The van der Waals surface area contributed by atoms with Crippen LogP contribution in [0.4, 0.5) is 24.1 Å². The fourth-order valence-electron chi connectivity index (χ4n) is 2.79. The molecule has 0 radical (unpaired) electrons. The molecule has 2 aromatic heterocycles. The summed E-state index contributed by atoms with van der Waals surface area (Å²) in [5.41, 5.74) is -0.876. The van der Waals surface area contributed by atoms with Gasteiger partial charge in [0.1, 0.15) is 5.82 Å². The van der Waals surface area contributed by atoms with E-state index in [9.17, 15) is 18.0 Å². The van der Waals surface area contributed by atoms with Crippen molar-refractivity contribution in [1.82, 2.24) is 9.97 Å². The molecule has 5 nitrogen and oxygen atoms in total. The predicted molar refractivity (Wildman–Crippen MR) is 94.7 cm³/mol. The molecule has 0 saturated carbocycles. The highest BCUT2D eigenvalue weighted by Crippen LogP contribution is 2.34. The largest absolute Gasteiger partial charge is 0.417 e. The molecule has 3 heterocycles. The van der Waals surface area contributed by atoms with Crippen LogP contribution >= 0.6 is 22.9 Å². The number of carbonyl (C=O) groups excluding carboxylic acids is 1. The molecule has 140 valence electrons. The average molecular weight is 405 g/mol. The molecule has 26 heavy (non-hydrogen) atoms. The van der Waals surface area contributed by atoms with Crippen molar-refractivity contribution in [2.75, 3.05) is 23.3 Å². The topological polar surface area (TPSA) is 58.1 Å². The van der Waals surface area contributed by atoms with E-state index < -0.39 is 11.7 Å². The van der Waals surface area contributed by atoms with Gasteiger partial charge in [-0.25, -0.2) is 9.97 Å². The highest BCUT2D eigenvalue weighted by atomic mass is 35.5. The van der Waals surface area contributed by atoms with Gasteiger partial charge in [-0.1, -0.05) is 11.6 Å². The molecule has 0 aliphatic carbocycles. The quantitative estimate of drug-likeness (QED) is 0.825. The second-order valence-corrected chi connectivity index (χ2v) is 7.70. The molecule has 0 unspecified atom stereocenters. The minimum atomic E-state index is -4.48. The van der Waals surface area contributed by atoms with E-state index in [0.29, 0.717) is 36.9 Å². The molecule has 1 aliphatic heterocycles. The van der Waals surface area contributed by atoms with Crippen LogP contribution in [0.2, 0.25) is 5.02 Å². The number of nitrogens with one attached hydrogen (secondary N) is 1. The summed E-state index contributed by atoms with van der Waals surface area (Å²) in [5, 5.41) is 3.34. The molecule has 1 saturated heterocycles. The van der Waals surface area contributed by atoms with Crippen LogP contribution in [-0.4, -0.2) is 29.0 Å². The van der Waals surface area contributed by atoms with Gasteiger partial charge in [0.25, 0.3) is 0 Å². The van der Waals surface area contributed by atoms with Crippen LogP contribution in [0.15, 0.2) is 18.5 Å². The van der Waals surface area contributed by atoms with Crippen LogP contribution in [0.25, 0.3) is 0 Å². The van der Waals surface area contributed by atoms with Crippen molar-refractivity contribution in [3.63, 3.8) is 0 Å². The number of hydrogen-bond acceptors (Lipinski definition) is 5. The molecular weight excluding hydrogens is 389 g/mol. The number of pyridine rings is 1. The van der Waals surface area contributed by atoms with Gasteiger partial charge in [-0.2, -0.15) is 13.2 Å². The minimum Gasteiger partial charge on any atom is -0.355 e. The van der Waals surface area contributed by atoms with Gasteiger partial charge < -0.3 is 10.2 Å². The lowest BCUT2D eigenvalue weighted by molar-refractivity contribution is -0.137. The lowest BCUT2D eigenvalue weighted by Gasteiger charge is -2.32. The standard InChI is InChI=1S/C16H16ClF3N4OS/c1-9-7-22-15(26-9)23-14(25)10-2-4-24(5-3-10)13-12(17)6-11(8-21-13)16(18,19)20/h6-8,10H,2-5H2,1H3,(H,22,23,25). The first kappa shape index (κ1) is 18.9. The monoisotopic (exact) mass is 404 g/mol. The Morgan fingerprint density at radius 2 is 2.00 bits per heavy atom. The van der Waals surface area contributed by atoms with E-state index in [0.717, 1.165) is 17.1 Å². The Morgan fingerprint density at radius 1 is 1.31 bits per heavy atom.